The van der Waals surface area contributed by atoms with E-state index in [1.807, 2.05) is 5.32 Å². The average molecular weight is 245 g/mol. The van der Waals surface area contributed by atoms with Gasteiger partial charge in [-0.05, 0) is 6.92 Å². The molecule has 1 amide bonds. The van der Waals surface area contributed by atoms with E-state index in [0.717, 1.165) is 0 Å². The Hall–Kier alpha value is 0.150. The first-order chi connectivity index (χ1) is 6.34. The molecule has 6 nitrogen and oxygen atoms in total. The van der Waals surface area contributed by atoms with Gasteiger partial charge in [-0.1, -0.05) is 6.58 Å². The van der Waals surface area contributed by atoms with Crippen molar-refractivity contribution in [3.8, 4) is 0 Å². The van der Waals surface area contributed by atoms with Crippen LogP contribution in [-0.2, 0) is 14.4 Å². The molecule has 0 saturated carbocycles. The quantitative estimate of drug-likeness (QED) is 0.382. The van der Waals surface area contributed by atoms with E-state index in [9.17, 15) is 24.6 Å². The van der Waals surface area contributed by atoms with Crippen molar-refractivity contribution in [1.82, 2.24) is 5.32 Å². The molecule has 0 aliphatic heterocycles. The Bertz CT molecular complexity index is 292. The van der Waals surface area contributed by atoms with Gasteiger partial charge in [-0.25, -0.2) is 0 Å². The van der Waals surface area contributed by atoms with Crippen LogP contribution >= 0.6 is 0 Å². The van der Waals surface area contributed by atoms with Crippen LogP contribution in [0.5, 0.6) is 0 Å². The molecule has 0 bridgehead atoms. The molecule has 1 N–H and O–H groups in total. The largest absolute Gasteiger partial charge is 1.00 e. The molecular weight excluding hydrogens is 236 g/mol. The number of hydrogen-bond donors (Lipinski definition) is 1. The van der Waals surface area contributed by atoms with Gasteiger partial charge in [0.05, 0.1) is 12.0 Å². The minimum atomic E-state index is -1.68. The molecule has 0 rings (SSSR count). The summed E-state index contributed by atoms with van der Waals surface area (Å²) in [5, 5.41) is 22.4. The van der Waals surface area contributed by atoms with E-state index in [0.29, 0.717) is 0 Å². The maximum absolute atomic E-state index is 10.9. The Balaban J connectivity index is -0.000000845. The molecule has 0 fully saturated rings. The van der Waals surface area contributed by atoms with Crippen molar-refractivity contribution in [3.63, 3.8) is 0 Å². The smallest absolute Gasteiger partial charge is 0.550 e. The Kier molecular flexibility index (Phi) is 13.8. The van der Waals surface area contributed by atoms with Gasteiger partial charge in [0, 0.05) is 18.0 Å². The third kappa shape index (κ3) is 9.38. The van der Waals surface area contributed by atoms with Crippen LogP contribution in [0.15, 0.2) is 12.2 Å². The van der Waals surface area contributed by atoms with Gasteiger partial charge >= 0.3 is 59.1 Å². The number of hydrogen-bond acceptors (Lipinski definition) is 5. The summed E-state index contributed by atoms with van der Waals surface area (Å²) >= 11 is 0. The number of carboxylic acid groups (broad SMARTS) is 2. The molecule has 78 valence electrons. The molecule has 0 unspecified atom stereocenters. The van der Waals surface area contributed by atoms with Crippen LogP contribution in [0.4, 0.5) is 0 Å². The van der Waals surface area contributed by atoms with Gasteiger partial charge in [0.2, 0.25) is 5.91 Å². The molecule has 0 aromatic rings. The minimum Gasteiger partial charge on any atom is -0.550 e. The monoisotopic (exact) mass is 245 g/mol. The molecule has 0 aliphatic rings. The van der Waals surface area contributed by atoms with Gasteiger partial charge in [-0.3, -0.25) is 4.79 Å². The molecule has 0 spiro atoms. The Morgan fingerprint density at radius 2 is 1.69 bits per heavy atom. The second-order valence-corrected chi connectivity index (χ2v) is 2.70. The number of amides is 1. The first-order valence-electron chi connectivity index (χ1n) is 3.71. The van der Waals surface area contributed by atoms with Crippen molar-refractivity contribution in [2.75, 3.05) is 0 Å². The van der Waals surface area contributed by atoms with Crippen LogP contribution in [0.1, 0.15) is 13.3 Å². The summed E-state index contributed by atoms with van der Waals surface area (Å²) in [4.78, 5) is 31.4. The van der Waals surface area contributed by atoms with Crippen molar-refractivity contribution < 1.29 is 83.7 Å². The van der Waals surface area contributed by atoms with Gasteiger partial charge in [0.1, 0.15) is 0 Å². The van der Waals surface area contributed by atoms with E-state index >= 15 is 0 Å². The van der Waals surface area contributed by atoms with E-state index in [2.05, 4.69) is 6.58 Å². The standard InChI is InChI=1S/C8H11NO5.2Na/c1-4(2)7(12)9-5(8(13)14)3-6(10)11;;/h5H,1,3H2,2H3,(H,9,12)(H,10,11)(H,13,14);;/q;2*+1/p-2/t5-;;/m0../s1. The van der Waals surface area contributed by atoms with Gasteiger partial charge < -0.3 is 25.1 Å². The van der Waals surface area contributed by atoms with Crippen molar-refractivity contribution in [2.24, 2.45) is 0 Å². The van der Waals surface area contributed by atoms with E-state index in [-0.39, 0.29) is 64.7 Å². The number of carbonyl (C=O) groups excluding carboxylic acids is 3. The second-order valence-electron chi connectivity index (χ2n) is 2.70. The molecule has 0 saturated heterocycles. The predicted molar refractivity (Wildman–Crippen MR) is 41.4 cm³/mol. The molecule has 0 heterocycles. The van der Waals surface area contributed by atoms with Crippen LogP contribution in [0, 0.1) is 0 Å². The third-order valence-electron chi connectivity index (χ3n) is 1.35. The van der Waals surface area contributed by atoms with Crippen molar-refractivity contribution >= 4 is 17.8 Å². The van der Waals surface area contributed by atoms with E-state index in [1.165, 1.54) is 6.92 Å². The zero-order valence-electron chi connectivity index (χ0n) is 9.53. The summed E-state index contributed by atoms with van der Waals surface area (Å²) in [7, 11) is 0. The fraction of sp³-hybridized carbons (Fsp3) is 0.375. The molecule has 0 radical (unpaired) electrons. The summed E-state index contributed by atoms with van der Waals surface area (Å²) in [6.07, 6.45) is -0.832. The molecule has 0 aromatic carbocycles. The number of nitrogens with one attached hydrogen (secondary N) is 1. The molecular formula is C8H9NNa2O5. The van der Waals surface area contributed by atoms with Crippen molar-refractivity contribution in [3.05, 3.63) is 12.2 Å². The first-order valence-corrected chi connectivity index (χ1v) is 3.71. The van der Waals surface area contributed by atoms with Crippen molar-refractivity contribution in [1.29, 1.82) is 0 Å². The average Bonchev–Trinajstić information content (AvgIpc) is 2.01. The minimum absolute atomic E-state index is 0. The van der Waals surface area contributed by atoms with Gasteiger partial charge in [0.25, 0.3) is 0 Å². The summed E-state index contributed by atoms with van der Waals surface area (Å²) in [6, 6.07) is -1.59. The summed E-state index contributed by atoms with van der Waals surface area (Å²) in [5.74, 6) is -3.99. The van der Waals surface area contributed by atoms with Gasteiger partial charge in [0.15, 0.2) is 0 Å². The number of rotatable bonds is 5. The van der Waals surface area contributed by atoms with E-state index in [4.69, 9.17) is 0 Å². The van der Waals surface area contributed by atoms with Crippen LogP contribution in [0.25, 0.3) is 0 Å². The van der Waals surface area contributed by atoms with Crippen molar-refractivity contribution in [2.45, 2.75) is 19.4 Å². The van der Waals surface area contributed by atoms with Gasteiger partial charge in [-0.2, -0.15) is 0 Å². The van der Waals surface area contributed by atoms with Crippen LogP contribution in [0.3, 0.4) is 0 Å². The van der Waals surface area contributed by atoms with Crippen LogP contribution < -0.4 is 74.6 Å². The number of carbonyl (C=O) groups is 3. The molecule has 1 atom stereocenters. The van der Waals surface area contributed by atoms with E-state index < -0.39 is 30.3 Å². The Labute approximate surface area is 137 Å². The number of aliphatic carboxylic acids is 2. The topological polar surface area (TPSA) is 109 Å². The Morgan fingerprint density at radius 1 is 1.25 bits per heavy atom. The zero-order chi connectivity index (χ0) is 11.3. The summed E-state index contributed by atoms with van der Waals surface area (Å²) < 4.78 is 0. The molecule has 8 heteroatoms. The zero-order valence-corrected chi connectivity index (χ0v) is 13.5. The maximum atomic E-state index is 10.9. The van der Waals surface area contributed by atoms with Gasteiger partial charge in [-0.15, -0.1) is 0 Å². The molecule has 16 heavy (non-hydrogen) atoms. The van der Waals surface area contributed by atoms with Crippen LogP contribution in [-0.4, -0.2) is 23.9 Å². The fourth-order valence-corrected chi connectivity index (χ4v) is 0.641. The Morgan fingerprint density at radius 3 is 1.94 bits per heavy atom. The number of carboxylic acids is 2. The maximum Gasteiger partial charge on any atom is 1.00 e. The normalized spacial score (nSPS) is 10.1. The molecule has 0 aliphatic carbocycles. The van der Waals surface area contributed by atoms with Crippen LogP contribution in [0.2, 0.25) is 0 Å². The summed E-state index contributed by atoms with van der Waals surface area (Å²) in [5.41, 5.74) is 0.0783. The third-order valence-corrected chi connectivity index (χ3v) is 1.35. The predicted octanol–water partition coefficient (Wildman–Crippen LogP) is -9.05. The fourth-order valence-electron chi connectivity index (χ4n) is 0.641. The molecule has 0 aromatic heterocycles. The SMILES string of the molecule is C=C(C)C(=O)N[C@@H](CC(=O)[O-])C(=O)[O-].[Na+].[Na+]. The second kappa shape index (κ2) is 10.3. The van der Waals surface area contributed by atoms with E-state index in [1.54, 1.807) is 0 Å². The first kappa shape index (κ1) is 21.4. The summed E-state index contributed by atoms with van der Waals surface area (Å²) in [6.45, 7) is 4.62.